The minimum atomic E-state index is -1.07. The van der Waals surface area contributed by atoms with Gasteiger partial charge in [-0.2, -0.15) is 0 Å². The van der Waals surface area contributed by atoms with Crippen LogP contribution in [0.4, 0.5) is 5.69 Å². The van der Waals surface area contributed by atoms with Crippen LogP contribution in [0, 0.1) is 5.41 Å². The number of carbonyl (C=O) groups is 2. The van der Waals surface area contributed by atoms with Crippen molar-refractivity contribution in [3.63, 3.8) is 0 Å². The molecule has 1 aromatic rings. The maximum absolute atomic E-state index is 11.8. The molecule has 19 heavy (non-hydrogen) atoms. The summed E-state index contributed by atoms with van der Waals surface area (Å²) >= 11 is 0. The Labute approximate surface area is 112 Å². The van der Waals surface area contributed by atoms with Gasteiger partial charge in [0.25, 0.3) is 0 Å². The molecule has 104 valence electrons. The van der Waals surface area contributed by atoms with E-state index >= 15 is 0 Å². The molecule has 0 heterocycles. The molecule has 2 N–H and O–H groups in total. The van der Waals surface area contributed by atoms with Gasteiger partial charge in [-0.15, -0.1) is 0 Å². The van der Waals surface area contributed by atoms with Gasteiger partial charge < -0.3 is 15.2 Å². The lowest BCUT2D eigenvalue weighted by Gasteiger charge is -2.17. The van der Waals surface area contributed by atoms with Crippen LogP contribution in [0.5, 0.6) is 5.75 Å². The van der Waals surface area contributed by atoms with Gasteiger partial charge in [-0.25, -0.2) is 4.79 Å². The zero-order chi connectivity index (χ0) is 14.6. The van der Waals surface area contributed by atoms with Crippen LogP contribution in [0.2, 0.25) is 0 Å². The fourth-order valence-corrected chi connectivity index (χ4v) is 1.63. The molecule has 0 fully saturated rings. The fraction of sp³-hybridized carbons (Fsp3) is 0.429. The largest absolute Gasteiger partial charge is 0.496 e. The van der Waals surface area contributed by atoms with Gasteiger partial charge in [0, 0.05) is 18.2 Å². The molecule has 0 aliphatic rings. The van der Waals surface area contributed by atoms with Crippen molar-refractivity contribution in [1.29, 1.82) is 0 Å². The smallest absolute Gasteiger partial charge is 0.339 e. The van der Waals surface area contributed by atoms with Crippen LogP contribution in [-0.2, 0) is 4.79 Å². The number of benzene rings is 1. The second-order valence-corrected chi connectivity index (χ2v) is 5.51. The summed E-state index contributed by atoms with van der Waals surface area (Å²) in [6.07, 6.45) is 0.385. The van der Waals surface area contributed by atoms with Gasteiger partial charge in [0.1, 0.15) is 11.3 Å². The van der Waals surface area contributed by atoms with E-state index in [0.29, 0.717) is 12.1 Å². The Morgan fingerprint density at radius 1 is 1.32 bits per heavy atom. The van der Waals surface area contributed by atoms with Gasteiger partial charge in [-0.3, -0.25) is 4.79 Å². The fourth-order valence-electron chi connectivity index (χ4n) is 1.63. The van der Waals surface area contributed by atoms with E-state index < -0.39 is 5.97 Å². The summed E-state index contributed by atoms with van der Waals surface area (Å²) in [6.45, 7) is 5.92. The molecular formula is C14H19NO4. The van der Waals surface area contributed by atoms with Crippen LogP contribution in [0.25, 0.3) is 0 Å². The SMILES string of the molecule is COc1cc(NC(=O)CC(C)(C)C)ccc1C(=O)O. The van der Waals surface area contributed by atoms with Crippen molar-refractivity contribution >= 4 is 17.6 Å². The van der Waals surface area contributed by atoms with E-state index in [1.165, 1.54) is 19.2 Å². The van der Waals surface area contributed by atoms with Gasteiger partial charge >= 0.3 is 5.97 Å². The van der Waals surface area contributed by atoms with Gasteiger partial charge in [0.05, 0.1) is 7.11 Å². The first-order chi connectivity index (χ1) is 8.73. The molecule has 0 aliphatic heterocycles. The molecule has 1 amide bonds. The Kier molecular flexibility index (Phi) is 4.53. The first-order valence-electron chi connectivity index (χ1n) is 5.94. The summed E-state index contributed by atoms with van der Waals surface area (Å²) in [4.78, 5) is 22.7. The van der Waals surface area contributed by atoms with E-state index in [1.807, 2.05) is 20.8 Å². The molecule has 0 bridgehead atoms. The Morgan fingerprint density at radius 3 is 2.42 bits per heavy atom. The minimum absolute atomic E-state index is 0.0660. The van der Waals surface area contributed by atoms with Crippen LogP contribution in [0.3, 0.4) is 0 Å². The number of hydrogen-bond donors (Lipinski definition) is 2. The maximum Gasteiger partial charge on any atom is 0.339 e. The van der Waals surface area contributed by atoms with E-state index in [1.54, 1.807) is 6.07 Å². The highest BCUT2D eigenvalue weighted by Crippen LogP contribution is 2.24. The van der Waals surface area contributed by atoms with Crippen molar-refractivity contribution in [3.8, 4) is 5.75 Å². The second kappa shape index (κ2) is 5.73. The van der Waals surface area contributed by atoms with Crippen molar-refractivity contribution in [3.05, 3.63) is 23.8 Å². The number of amides is 1. The number of carbonyl (C=O) groups excluding carboxylic acids is 1. The third kappa shape index (κ3) is 4.62. The van der Waals surface area contributed by atoms with Crippen LogP contribution in [0.15, 0.2) is 18.2 Å². The van der Waals surface area contributed by atoms with Crippen molar-refractivity contribution < 1.29 is 19.4 Å². The number of methoxy groups -OCH3 is 1. The molecular weight excluding hydrogens is 246 g/mol. The number of nitrogens with one attached hydrogen (secondary N) is 1. The average molecular weight is 265 g/mol. The van der Waals surface area contributed by atoms with E-state index in [9.17, 15) is 9.59 Å². The molecule has 0 spiro atoms. The summed E-state index contributed by atoms with van der Waals surface area (Å²) in [5.41, 5.74) is 0.488. The Hall–Kier alpha value is -2.04. The number of ether oxygens (including phenoxy) is 1. The normalized spacial score (nSPS) is 10.9. The highest BCUT2D eigenvalue weighted by Gasteiger charge is 2.17. The Balaban J connectivity index is 2.86. The third-order valence-corrected chi connectivity index (χ3v) is 2.41. The van der Waals surface area contributed by atoms with Crippen molar-refractivity contribution in [2.45, 2.75) is 27.2 Å². The molecule has 1 aromatic carbocycles. The van der Waals surface area contributed by atoms with Gasteiger partial charge in [-0.1, -0.05) is 20.8 Å². The summed E-state index contributed by atoms with van der Waals surface area (Å²) in [5, 5.41) is 11.7. The summed E-state index contributed by atoms with van der Waals surface area (Å²) in [5.74, 6) is -0.955. The van der Waals surface area contributed by atoms with E-state index in [4.69, 9.17) is 9.84 Å². The van der Waals surface area contributed by atoms with Crippen molar-refractivity contribution in [1.82, 2.24) is 0 Å². The van der Waals surface area contributed by atoms with Gasteiger partial charge in [0.2, 0.25) is 5.91 Å². The third-order valence-electron chi connectivity index (χ3n) is 2.41. The highest BCUT2D eigenvalue weighted by atomic mass is 16.5. The molecule has 5 nitrogen and oxygen atoms in total. The lowest BCUT2D eigenvalue weighted by Crippen LogP contribution is -2.19. The summed E-state index contributed by atoms with van der Waals surface area (Å²) in [7, 11) is 1.39. The van der Waals surface area contributed by atoms with Crippen LogP contribution >= 0.6 is 0 Å². The number of carboxylic acids is 1. The number of carboxylic acid groups (broad SMARTS) is 1. The molecule has 1 rings (SSSR count). The second-order valence-electron chi connectivity index (χ2n) is 5.51. The number of aromatic carboxylic acids is 1. The quantitative estimate of drug-likeness (QED) is 0.877. The Morgan fingerprint density at radius 2 is 1.95 bits per heavy atom. The first kappa shape index (κ1) is 15.0. The zero-order valence-corrected chi connectivity index (χ0v) is 11.6. The van der Waals surface area contributed by atoms with Crippen molar-refractivity contribution in [2.24, 2.45) is 5.41 Å². The van der Waals surface area contributed by atoms with Gasteiger partial charge in [-0.05, 0) is 17.5 Å². The lowest BCUT2D eigenvalue weighted by molar-refractivity contribution is -0.117. The van der Waals surface area contributed by atoms with Crippen LogP contribution in [-0.4, -0.2) is 24.1 Å². The predicted molar refractivity (Wildman–Crippen MR) is 72.7 cm³/mol. The average Bonchev–Trinajstić information content (AvgIpc) is 2.25. The molecule has 0 aromatic heterocycles. The van der Waals surface area contributed by atoms with E-state index in [-0.39, 0.29) is 22.6 Å². The van der Waals surface area contributed by atoms with E-state index in [0.717, 1.165) is 0 Å². The zero-order valence-electron chi connectivity index (χ0n) is 11.6. The molecule has 0 atom stereocenters. The van der Waals surface area contributed by atoms with Crippen molar-refractivity contribution in [2.75, 3.05) is 12.4 Å². The van der Waals surface area contributed by atoms with Crippen LogP contribution < -0.4 is 10.1 Å². The molecule has 0 saturated heterocycles. The summed E-state index contributed by atoms with van der Waals surface area (Å²) in [6, 6.07) is 4.46. The number of hydrogen-bond acceptors (Lipinski definition) is 3. The highest BCUT2D eigenvalue weighted by molar-refractivity contribution is 5.94. The van der Waals surface area contributed by atoms with Gasteiger partial charge in [0.15, 0.2) is 0 Å². The predicted octanol–water partition coefficient (Wildman–Crippen LogP) is 2.77. The topological polar surface area (TPSA) is 75.6 Å². The summed E-state index contributed by atoms with van der Waals surface area (Å²) < 4.78 is 5.00. The molecule has 0 unspecified atom stereocenters. The molecule has 0 aliphatic carbocycles. The molecule has 5 heteroatoms. The first-order valence-corrected chi connectivity index (χ1v) is 5.94. The molecule has 0 saturated carbocycles. The maximum atomic E-state index is 11.8. The lowest BCUT2D eigenvalue weighted by atomic mass is 9.92. The standard InChI is InChI=1S/C14H19NO4/c1-14(2,3)8-12(16)15-9-5-6-10(13(17)18)11(7-9)19-4/h5-7H,8H2,1-4H3,(H,15,16)(H,17,18). The molecule has 0 radical (unpaired) electrons. The van der Waals surface area contributed by atoms with Crippen LogP contribution in [0.1, 0.15) is 37.6 Å². The number of anilines is 1. The Bertz CT molecular complexity index is 489. The number of rotatable bonds is 4. The monoisotopic (exact) mass is 265 g/mol. The minimum Gasteiger partial charge on any atom is -0.496 e. The van der Waals surface area contributed by atoms with E-state index in [2.05, 4.69) is 5.32 Å².